The van der Waals surface area contributed by atoms with Crippen molar-refractivity contribution in [3.63, 3.8) is 0 Å². The molecule has 1 N–H and O–H groups in total. The number of carbonyl (C=O) groups excluding carboxylic acids is 1. The Morgan fingerprint density at radius 1 is 0.941 bits per heavy atom. The summed E-state index contributed by atoms with van der Waals surface area (Å²) in [5.41, 5.74) is 0.427. The smallest absolute Gasteiger partial charge is 0.262 e. The topological polar surface area (TPSA) is 46.5 Å². The fourth-order valence-electron chi connectivity index (χ4n) is 1.43. The lowest BCUT2D eigenvalue weighted by Gasteiger charge is -2.12. The molecule has 0 aliphatic rings. The Morgan fingerprint density at radius 2 is 1.47 bits per heavy atom. The Balaban J connectivity index is 2.06. The van der Waals surface area contributed by atoms with Gasteiger partial charge in [-0.25, -0.2) is 0 Å². The fourth-order valence-corrected chi connectivity index (χ4v) is 1.43. The maximum absolute atomic E-state index is 11.8. The first-order chi connectivity index (χ1) is 8.27. The van der Waals surface area contributed by atoms with E-state index in [1.807, 2.05) is 6.07 Å². The predicted molar refractivity (Wildman–Crippen MR) is 63.8 cm³/mol. The number of carbonyl (C=O) groups is 1. The van der Waals surface area contributed by atoms with Crippen LogP contribution in [0.1, 0.15) is 10.4 Å². The normalized spacial score (nSPS) is 11.8. The Kier molecular flexibility index (Phi) is 3.52. The lowest BCUT2D eigenvalue weighted by atomic mass is 10.1. The monoisotopic (exact) mass is 228 g/mol. The van der Waals surface area contributed by atoms with Crippen molar-refractivity contribution < 1.29 is 14.6 Å². The van der Waals surface area contributed by atoms with Gasteiger partial charge in [0.1, 0.15) is 5.75 Å². The molecule has 0 fully saturated rings. The summed E-state index contributed by atoms with van der Waals surface area (Å²) < 4.78 is 5.14. The highest BCUT2D eigenvalue weighted by Gasteiger charge is 2.18. The summed E-state index contributed by atoms with van der Waals surface area (Å²) in [5.74, 6) is 0.0127. The maximum atomic E-state index is 11.8. The van der Waals surface area contributed by atoms with Gasteiger partial charge in [0.2, 0.25) is 5.78 Å². The summed E-state index contributed by atoms with van der Waals surface area (Å²) in [4.78, 5) is 11.8. The van der Waals surface area contributed by atoms with Crippen LogP contribution in [-0.2, 0) is 0 Å². The zero-order chi connectivity index (χ0) is 12.1. The Labute approximate surface area is 99.3 Å². The molecule has 2 aromatic rings. The molecule has 0 bridgehead atoms. The van der Waals surface area contributed by atoms with E-state index in [1.165, 1.54) is 0 Å². The minimum Gasteiger partial charge on any atom is -0.457 e. The molecule has 2 aromatic carbocycles. The highest BCUT2D eigenvalue weighted by molar-refractivity contribution is 5.98. The van der Waals surface area contributed by atoms with Crippen molar-refractivity contribution in [1.29, 1.82) is 0 Å². The Hall–Kier alpha value is -2.13. The number of benzene rings is 2. The highest BCUT2D eigenvalue weighted by atomic mass is 16.6. The van der Waals surface area contributed by atoms with Crippen molar-refractivity contribution in [3.8, 4) is 5.75 Å². The van der Waals surface area contributed by atoms with E-state index < -0.39 is 12.1 Å². The largest absolute Gasteiger partial charge is 0.457 e. The van der Waals surface area contributed by atoms with Crippen LogP contribution < -0.4 is 4.74 Å². The summed E-state index contributed by atoms with van der Waals surface area (Å²) in [6, 6.07) is 17.3. The second-order valence-corrected chi connectivity index (χ2v) is 3.51. The first kappa shape index (κ1) is 11.4. The van der Waals surface area contributed by atoms with Crippen LogP contribution in [0, 0.1) is 0 Å². The van der Waals surface area contributed by atoms with Crippen LogP contribution >= 0.6 is 0 Å². The van der Waals surface area contributed by atoms with E-state index in [9.17, 15) is 9.90 Å². The third kappa shape index (κ3) is 2.92. The van der Waals surface area contributed by atoms with Crippen LogP contribution in [0.15, 0.2) is 60.7 Å². The molecule has 1 unspecified atom stereocenters. The molecular formula is C14H12O3. The van der Waals surface area contributed by atoms with E-state index in [0.29, 0.717) is 11.3 Å². The van der Waals surface area contributed by atoms with Crippen molar-refractivity contribution in [2.75, 3.05) is 0 Å². The van der Waals surface area contributed by atoms with Crippen LogP contribution in [-0.4, -0.2) is 17.2 Å². The second-order valence-electron chi connectivity index (χ2n) is 3.51. The number of rotatable bonds is 4. The van der Waals surface area contributed by atoms with E-state index in [2.05, 4.69) is 0 Å². The average molecular weight is 228 g/mol. The van der Waals surface area contributed by atoms with E-state index in [-0.39, 0.29) is 0 Å². The van der Waals surface area contributed by atoms with Gasteiger partial charge in [0, 0.05) is 5.56 Å². The molecule has 0 saturated heterocycles. The van der Waals surface area contributed by atoms with Crippen LogP contribution in [0.5, 0.6) is 5.75 Å². The second kappa shape index (κ2) is 5.27. The molecule has 3 nitrogen and oxygen atoms in total. The molecule has 86 valence electrons. The van der Waals surface area contributed by atoms with Crippen molar-refractivity contribution in [1.82, 2.24) is 0 Å². The zero-order valence-electron chi connectivity index (χ0n) is 9.11. The average Bonchev–Trinajstić information content (AvgIpc) is 2.40. The van der Waals surface area contributed by atoms with Crippen LogP contribution in [0.2, 0.25) is 0 Å². The van der Waals surface area contributed by atoms with Gasteiger partial charge in [-0.15, -0.1) is 0 Å². The van der Waals surface area contributed by atoms with Gasteiger partial charge >= 0.3 is 0 Å². The number of para-hydroxylation sites is 1. The number of aliphatic hydroxyl groups excluding tert-OH is 1. The molecule has 2 rings (SSSR count). The number of ether oxygens (including phenoxy) is 1. The van der Waals surface area contributed by atoms with E-state index >= 15 is 0 Å². The molecule has 0 amide bonds. The number of hydrogen-bond donors (Lipinski definition) is 1. The van der Waals surface area contributed by atoms with Gasteiger partial charge in [-0.3, -0.25) is 4.79 Å². The predicted octanol–water partition coefficient (Wildman–Crippen LogP) is 2.27. The number of ketones is 1. The van der Waals surface area contributed by atoms with Gasteiger partial charge in [0.15, 0.2) is 0 Å². The lowest BCUT2D eigenvalue weighted by molar-refractivity contribution is -0.00293. The molecular weight excluding hydrogens is 216 g/mol. The van der Waals surface area contributed by atoms with Crippen molar-refractivity contribution in [3.05, 3.63) is 66.2 Å². The molecule has 17 heavy (non-hydrogen) atoms. The minimum absolute atomic E-state index is 0.427. The minimum atomic E-state index is -1.47. The molecule has 0 aliphatic carbocycles. The summed E-state index contributed by atoms with van der Waals surface area (Å²) in [7, 11) is 0. The summed E-state index contributed by atoms with van der Waals surface area (Å²) in [6.07, 6.45) is -1.47. The maximum Gasteiger partial charge on any atom is 0.262 e. The first-order valence-electron chi connectivity index (χ1n) is 5.26. The summed E-state index contributed by atoms with van der Waals surface area (Å²) >= 11 is 0. The van der Waals surface area contributed by atoms with E-state index in [1.54, 1.807) is 54.6 Å². The summed E-state index contributed by atoms with van der Waals surface area (Å²) in [5, 5.41) is 9.65. The van der Waals surface area contributed by atoms with Crippen molar-refractivity contribution in [2.24, 2.45) is 0 Å². The molecule has 0 aliphatic heterocycles. The molecule has 3 heteroatoms. The molecule has 0 radical (unpaired) electrons. The molecule has 0 spiro atoms. The Morgan fingerprint density at radius 3 is 2.06 bits per heavy atom. The zero-order valence-corrected chi connectivity index (χ0v) is 9.11. The van der Waals surface area contributed by atoms with Gasteiger partial charge in [-0.05, 0) is 12.1 Å². The third-order valence-electron chi connectivity index (χ3n) is 2.27. The SMILES string of the molecule is O=C(c1ccccc1)C(O)Oc1ccccc1. The van der Waals surface area contributed by atoms with Crippen LogP contribution in [0.3, 0.4) is 0 Å². The number of Topliss-reactive ketones (excluding diaryl/α,β-unsaturated/α-hetero) is 1. The van der Waals surface area contributed by atoms with Gasteiger partial charge in [-0.2, -0.15) is 0 Å². The molecule has 0 saturated carbocycles. The number of aliphatic hydroxyl groups is 1. The first-order valence-corrected chi connectivity index (χ1v) is 5.26. The summed E-state index contributed by atoms with van der Waals surface area (Å²) in [6.45, 7) is 0. The third-order valence-corrected chi connectivity index (χ3v) is 2.27. The van der Waals surface area contributed by atoms with Crippen LogP contribution in [0.4, 0.5) is 0 Å². The molecule has 0 aromatic heterocycles. The highest BCUT2D eigenvalue weighted by Crippen LogP contribution is 2.12. The molecule has 0 heterocycles. The molecule has 1 atom stereocenters. The fraction of sp³-hybridized carbons (Fsp3) is 0.0714. The number of hydrogen-bond acceptors (Lipinski definition) is 3. The van der Waals surface area contributed by atoms with Crippen molar-refractivity contribution >= 4 is 5.78 Å². The van der Waals surface area contributed by atoms with E-state index in [4.69, 9.17) is 4.74 Å². The lowest BCUT2D eigenvalue weighted by Crippen LogP contribution is -2.26. The van der Waals surface area contributed by atoms with Gasteiger partial charge < -0.3 is 9.84 Å². The standard InChI is InChI=1S/C14H12O3/c15-13(11-7-3-1-4-8-11)14(16)17-12-9-5-2-6-10-12/h1-10,14,16H. The van der Waals surface area contributed by atoms with Crippen molar-refractivity contribution in [2.45, 2.75) is 6.29 Å². The quantitative estimate of drug-likeness (QED) is 0.645. The van der Waals surface area contributed by atoms with E-state index in [0.717, 1.165) is 0 Å². The van der Waals surface area contributed by atoms with Gasteiger partial charge in [0.05, 0.1) is 0 Å². The Bertz CT molecular complexity index is 479. The van der Waals surface area contributed by atoms with Gasteiger partial charge in [0.25, 0.3) is 6.29 Å². The van der Waals surface area contributed by atoms with Crippen LogP contribution in [0.25, 0.3) is 0 Å². The van der Waals surface area contributed by atoms with Gasteiger partial charge in [-0.1, -0.05) is 48.5 Å².